The summed E-state index contributed by atoms with van der Waals surface area (Å²) in [5.74, 6) is 0.499. The van der Waals surface area contributed by atoms with Crippen molar-refractivity contribution in [1.29, 1.82) is 0 Å². The van der Waals surface area contributed by atoms with Gasteiger partial charge in [0.15, 0.2) is 0 Å². The summed E-state index contributed by atoms with van der Waals surface area (Å²) >= 11 is 7.70. The van der Waals surface area contributed by atoms with Gasteiger partial charge in [0, 0.05) is 16.6 Å². The molecule has 1 unspecified atom stereocenters. The number of hydrogen-bond acceptors (Lipinski definition) is 4. The first-order valence-corrected chi connectivity index (χ1v) is 7.28. The molecule has 0 fully saturated rings. The number of nitrogens with zero attached hydrogens (tertiary/aromatic N) is 3. The molecule has 0 saturated carbocycles. The third kappa shape index (κ3) is 2.09. The number of nitrogen functional groups attached to an aromatic ring is 1. The first-order valence-electron chi connectivity index (χ1n) is 6.03. The Morgan fingerprint density at radius 3 is 3.00 bits per heavy atom. The predicted molar refractivity (Wildman–Crippen MR) is 79.7 cm³/mol. The van der Waals surface area contributed by atoms with Gasteiger partial charge in [-0.25, -0.2) is 9.97 Å². The van der Waals surface area contributed by atoms with Crippen molar-refractivity contribution in [1.82, 2.24) is 14.5 Å². The summed E-state index contributed by atoms with van der Waals surface area (Å²) in [6.45, 7) is 2.11. The lowest BCUT2D eigenvalue weighted by Crippen LogP contribution is -2.12. The second kappa shape index (κ2) is 4.83. The number of imidazole rings is 1. The molecule has 3 rings (SSSR count). The zero-order valence-electron chi connectivity index (χ0n) is 10.4. The van der Waals surface area contributed by atoms with Gasteiger partial charge in [-0.15, -0.1) is 11.3 Å². The first-order chi connectivity index (χ1) is 9.20. The van der Waals surface area contributed by atoms with Crippen molar-refractivity contribution in [3.05, 3.63) is 39.8 Å². The highest BCUT2D eigenvalue weighted by molar-refractivity contribution is 7.09. The molecule has 0 aliphatic rings. The van der Waals surface area contributed by atoms with Crippen LogP contribution in [0.2, 0.25) is 5.02 Å². The highest BCUT2D eigenvalue weighted by Gasteiger charge is 2.20. The van der Waals surface area contributed by atoms with Gasteiger partial charge in [-0.3, -0.25) is 0 Å². The van der Waals surface area contributed by atoms with Crippen molar-refractivity contribution in [2.45, 2.75) is 19.4 Å². The Bertz CT molecular complexity index is 705. The predicted octanol–water partition coefficient (Wildman–Crippen LogP) is 3.73. The molecule has 6 heteroatoms. The number of benzene rings is 1. The molecule has 0 bridgehead atoms. The molecule has 1 atom stereocenters. The van der Waals surface area contributed by atoms with Crippen LogP contribution < -0.4 is 5.73 Å². The van der Waals surface area contributed by atoms with Crippen LogP contribution in [0.4, 0.5) is 5.95 Å². The summed E-state index contributed by atoms with van der Waals surface area (Å²) in [4.78, 5) is 8.79. The molecule has 0 radical (unpaired) electrons. The highest BCUT2D eigenvalue weighted by atomic mass is 35.5. The summed E-state index contributed by atoms with van der Waals surface area (Å²) in [6, 6.07) is 5.71. The minimum Gasteiger partial charge on any atom is -0.369 e. The fraction of sp³-hybridized carbons (Fsp3) is 0.231. The van der Waals surface area contributed by atoms with Gasteiger partial charge in [0.05, 0.1) is 17.1 Å². The summed E-state index contributed by atoms with van der Waals surface area (Å²) in [5.41, 5.74) is 7.88. The van der Waals surface area contributed by atoms with Crippen LogP contribution in [0.15, 0.2) is 29.8 Å². The van der Waals surface area contributed by atoms with E-state index >= 15 is 0 Å². The molecular formula is C13H13ClN4S. The van der Waals surface area contributed by atoms with Crippen LogP contribution in [0.5, 0.6) is 0 Å². The molecule has 2 aromatic heterocycles. The highest BCUT2D eigenvalue weighted by Crippen LogP contribution is 2.31. The Morgan fingerprint density at radius 2 is 2.32 bits per heavy atom. The minimum absolute atomic E-state index is 0.100. The van der Waals surface area contributed by atoms with Crippen LogP contribution in [0.3, 0.4) is 0 Å². The van der Waals surface area contributed by atoms with E-state index in [1.807, 2.05) is 34.3 Å². The molecule has 0 aliphatic carbocycles. The quantitative estimate of drug-likeness (QED) is 0.800. The van der Waals surface area contributed by atoms with Crippen LogP contribution in [-0.4, -0.2) is 14.5 Å². The van der Waals surface area contributed by atoms with Gasteiger partial charge in [0.1, 0.15) is 5.01 Å². The van der Waals surface area contributed by atoms with E-state index in [1.165, 1.54) is 0 Å². The number of aromatic nitrogens is 3. The minimum atomic E-state index is 0.100. The van der Waals surface area contributed by atoms with Gasteiger partial charge < -0.3 is 10.3 Å². The smallest absolute Gasteiger partial charge is 0.201 e. The second-order valence-electron chi connectivity index (χ2n) is 4.27. The average Bonchev–Trinajstić information content (AvgIpc) is 3.00. The number of rotatable bonds is 3. The molecule has 0 aliphatic heterocycles. The summed E-state index contributed by atoms with van der Waals surface area (Å²) in [5, 5.41) is 3.69. The van der Waals surface area contributed by atoms with Gasteiger partial charge in [-0.05, 0) is 24.6 Å². The topological polar surface area (TPSA) is 56.7 Å². The second-order valence-corrected chi connectivity index (χ2v) is 5.63. The molecule has 4 nitrogen and oxygen atoms in total. The van der Waals surface area contributed by atoms with Gasteiger partial charge >= 0.3 is 0 Å². The van der Waals surface area contributed by atoms with Gasteiger partial charge in [-0.2, -0.15) is 0 Å². The molecule has 1 aromatic carbocycles. The number of thiazole rings is 1. The summed E-state index contributed by atoms with van der Waals surface area (Å²) in [6.07, 6.45) is 2.71. The Morgan fingerprint density at radius 1 is 1.47 bits per heavy atom. The Kier molecular flexibility index (Phi) is 3.16. The van der Waals surface area contributed by atoms with Crippen LogP contribution in [0.1, 0.15) is 24.4 Å². The lowest BCUT2D eigenvalue weighted by molar-refractivity contribution is 0.585. The lowest BCUT2D eigenvalue weighted by atomic mass is 10.2. The lowest BCUT2D eigenvalue weighted by Gasteiger charge is -2.16. The molecule has 2 N–H and O–H groups in total. The number of halogens is 1. The molecule has 98 valence electrons. The van der Waals surface area contributed by atoms with Crippen molar-refractivity contribution in [3.8, 4) is 0 Å². The third-order valence-electron chi connectivity index (χ3n) is 3.11. The van der Waals surface area contributed by atoms with Crippen molar-refractivity contribution < 1.29 is 0 Å². The van der Waals surface area contributed by atoms with Crippen molar-refractivity contribution in [3.63, 3.8) is 0 Å². The SMILES string of the molecule is CCC(c1nccs1)n1c(N)nc2ccc(Cl)cc21. The van der Waals surface area contributed by atoms with Gasteiger partial charge in [0.2, 0.25) is 5.95 Å². The van der Waals surface area contributed by atoms with Crippen molar-refractivity contribution in [2.75, 3.05) is 5.73 Å². The fourth-order valence-corrected chi connectivity index (χ4v) is 3.26. The molecule has 0 spiro atoms. The van der Waals surface area contributed by atoms with Crippen LogP contribution >= 0.6 is 22.9 Å². The molecule has 2 heterocycles. The maximum absolute atomic E-state index is 6.08. The summed E-state index contributed by atoms with van der Waals surface area (Å²) < 4.78 is 2.01. The average molecular weight is 293 g/mol. The van der Waals surface area contributed by atoms with E-state index in [-0.39, 0.29) is 6.04 Å². The zero-order chi connectivity index (χ0) is 13.4. The van der Waals surface area contributed by atoms with Crippen molar-refractivity contribution in [2.24, 2.45) is 0 Å². The molecular weight excluding hydrogens is 280 g/mol. The monoisotopic (exact) mass is 292 g/mol. The van der Waals surface area contributed by atoms with Gasteiger partial charge in [0.25, 0.3) is 0 Å². The van der Waals surface area contributed by atoms with Crippen LogP contribution in [0, 0.1) is 0 Å². The zero-order valence-corrected chi connectivity index (χ0v) is 11.9. The molecule has 3 aromatic rings. The third-order valence-corrected chi connectivity index (χ3v) is 4.23. The van der Waals surface area contributed by atoms with E-state index in [0.29, 0.717) is 11.0 Å². The van der Waals surface area contributed by atoms with Crippen LogP contribution in [0.25, 0.3) is 11.0 Å². The number of hydrogen-bond donors (Lipinski definition) is 1. The van der Waals surface area contributed by atoms with E-state index in [2.05, 4.69) is 16.9 Å². The van der Waals surface area contributed by atoms with E-state index in [9.17, 15) is 0 Å². The van der Waals surface area contributed by atoms with E-state index in [0.717, 1.165) is 22.5 Å². The fourth-order valence-electron chi connectivity index (χ4n) is 2.28. The largest absolute Gasteiger partial charge is 0.369 e. The van der Waals surface area contributed by atoms with E-state index < -0.39 is 0 Å². The Labute approximate surface area is 119 Å². The molecule has 0 amide bonds. The van der Waals surface area contributed by atoms with E-state index in [4.69, 9.17) is 17.3 Å². The Hall–Kier alpha value is -1.59. The first kappa shape index (κ1) is 12.4. The number of nitrogens with two attached hydrogens (primary N) is 1. The van der Waals surface area contributed by atoms with Gasteiger partial charge in [-0.1, -0.05) is 18.5 Å². The number of fused-ring (bicyclic) bond motifs is 1. The Balaban J connectivity index is 2.23. The number of anilines is 1. The summed E-state index contributed by atoms with van der Waals surface area (Å²) in [7, 11) is 0. The maximum atomic E-state index is 6.08. The van der Waals surface area contributed by atoms with E-state index in [1.54, 1.807) is 11.3 Å². The maximum Gasteiger partial charge on any atom is 0.201 e. The molecule has 0 saturated heterocycles. The van der Waals surface area contributed by atoms with Crippen molar-refractivity contribution >= 4 is 39.9 Å². The molecule has 19 heavy (non-hydrogen) atoms. The normalized spacial score (nSPS) is 12.9. The standard InChI is InChI=1S/C13H13ClN4S/c1-2-10(12-16-5-6-19-12)18-11-7-8(14)3-4-9(11)17-13(18)15/h3-7,10H,2H2,1H3,(H2,15,17). The van der Waals surface area contributed by atoms with Crippen LogP contribution in [-0.2, 0) is 0 Å².